The van der Waals surface area contributed by atoms with Gasteiger partial charge < -0.3 is 10.1 Å². The third-order valence-electron chi connectivity index (χ3n) is 2.52. The smallest absolute Gasteiger partial charge is 0.340 e. The molecule has 3 amide bonds. The predicted molar refractivity (Wildman–Crippen MR) is 87.6 cm³/mol. The first-order valence-electron chi connectivity index (χ1n) is 5.75. The van der Waals surface area contributed by atoms with Crippen molar-refractivity contribution in [1.29, 1.82) is 0 Å². The fraction of sp³-hybridized carbons (Fsp3) is 0.250. The van der Waals surface area contributed by atoms with Gasteiger partial charge in [0.15, 0.2) is 5.82 Å². The van der Waals surface area contributed by atoms with E-state index >= 15 is 0 Å². The SMILES string of the molecule is COC(=O)c1cc(C)c(Br)c(F)c1NC(=O)NC(=O)C(Cl)(Cl)Cl. The van der Waals surface area contributed by atoms with Crippen LogP contribution in [0.1, 0.15) is 15.9 Å². The van der Waals surface area contributed by atoms with Gasteiger partial charge in [-0.05, 0) is 34.5 Å². The molecule has 1 rings (SSSR count). The maximum atomic E-state index is 14.3. The van der Waals surface area contributed by atoms with Crippen LogP contribution in [-0.4, -0.2) is 28.8 Å². The average molecular weight is 450 g/mol. The molecular weight excluding hydrogens is 441 g/mol. The summed E-state index contributed by atoms with van der Waals surface area (Å²) in [5, 5.41) is 3.71. The monoisotopic (exact) mass is 448 g/mol. The van der Waals surface area contributed by atoms with Crippen molar-refractivity contribution in [2.45, 2.75) is 10.7 Å². The molecule has 0 spiro atoms. The zero-order valence-electron chi connectivity index (χ0n) is 11.6. The van der Waals surface area contributed by atoms with Crippen molar-refractivity contribution >= 4 is 74.3 Å². The number of amides is 3. The summed E-state index contributed by atoms with van der Waals surface area (Å²) in [5.41, 5.74) is -0.350. The lowest BCUT2D eigenvalue weighted by Crippen LogP contribution is -2.41. The van der Waals surface area contributed by atoms with Gasteiger partial charge in [-0.2, -0.15) is 0 Å². The molecule has 0 unspecified atom stereocenters. The number of anilines is 1. The number of rotatable bonds is 2. The lowest BCUT2D eigenvalue weighted by atomic mass is 10.1. The first-order chi connectivity index (χ1) is 10.5. The molecule has 1 aromatic rings. The molecule has 1 aromatic carbocycles. The maximum Gasteiger partial charge on any atom is 0.340 e. The van der Waals surface area contributed by atoms with E-state index in [9.17, 15) is 18.8 Å². The molecule has 2 N–H and O–H groups in total. The van der Waals surface area contributed by atoms with Crippen LogP contribution in [0.3, 0.4) is 0 Å². The summed E-state index contributed by atoms with van der Waals surface area (Å²) < 4.78 is 16.5. The van der Waals surface area contributed by atoms with E-state index in [-0.39, 0.29) is 10.0 Å². The molecule has 23 heavy (non-hydrogen) atoms. The van der Waals surface area contributed by atoms with Crippen molar-refractivity contribution in [2.24, 2.45) is 0 Å². The number of ether oxygens (including phenoxy) is 1. The zero-order chi connectivity index (χ0) is 17.9. The lowest BCUT2D eigenvalue weighted by molar-refractivity contribution is -0.119. The number of hydrogen-bond acceptors (Lipinski definition) is 4. The minimum Gasteiger partial charge on any atom is -0.465 e. The Morgan fingerprint density at radius 2 is 1.87 bits per heavy atom. The summed E-state index contributed by atoms with van der Waals surface area (Å²) in [6, 6.07) is 0.104. The van der Waals surface area contributed by atoms with Crippen molar-refractivity contribution in [1.82, 2.24) is 5.32 Å². The third-order valence-corrected chi connectivity index (χ3v) is 4.01. The summed E-state index contributed by atoms with van der Waals surface area (Å²) in [4.78, 5) is 34.8. The number of carbonyl (C=O) groups excluding carboxylic acids is 3. The van der Waals surface area contributed by atoms with E-state index in [4.69, 9.17) is 34.8 Å². The summed E-state index contributed by atoms with van der Waals surface area (Å²) in [5.74, 6) is -3.06. The number of hydrogen-bond donors (Lipinski definition) is 2. The van der Waals surface area contributed by atoms with Gasteiger partial charge in [0.1, 0.15) is 0 Å². The highest BCUT2D eigenvalue weighted by Crippen LogP contribution is 2.31. The topological polar surface area (TPSA) is 84.5 Å². The number of imide groups is 1. The number of benzene rings is 1. The first-order valence-corrected chi connectivity index (χ1v) is 7.67. The second kappa shape index (κ2) is 7.65. The second-order valence-electron chi connectivity index (χ2n) is 4.14. The molecule has 0 aromatic heterocycles. The molecule has 0 heterocycles. The largest absolute Gasteiger partial charge is 0.465 e. The normalized spacial score (nSPS) is 10.9. The van der Waals surface area contributed by atoms with Crippen molar-refractivity contribution in [3.63, 3.8) is 0 Å². The quantitative estimate of drug-likeness (QED) is 0.532. The van der Waals surface area contributed by atoms with Gasteiger partial charge in [-0.1, -0.05) is 34.8 Å². The second-order valence-corrected chi connectivity index (χ2v) is 7.22. The number of halogens is 5. The molecular formula is C12H9BrCl3FN2O4. The number of alkyl halides is 3. The van der Waals surface area contributed by atoms with Crippen molar-refractivity contribution < 1.29 is 23.5 Å². The molecule has 0 bridgehead atoms. The zero-order valence-corrected chi connectivity index (χ0v) is 15.5. The van der Waals surface area contributed by atoms with Crippen molar-refractivity contribution in [3.8, 4) is 0 Å². The lowest BCUT2D eigenvalue weighted by Gasteiger charge is -2.15. The van der Waals surface area contributed by atoms with Gasteiger partial charge in [-0.15, -0.1) is 0 Å². The molecule has 6 nitrogen and oxygen atoms in total. The van der Waals surface area contributed by atoms with E-state index in [0.717, 1.165) is 7.11 Å². The van der Waals surface area contributed by atoms with Crippen LogP contribution in [0.15, 0.2) is 10.5 Å². The predicted octanol–water partition coefficient (Wildman–Crippen LogP) is 3.70. The molecule has 11 heteroatoms. The van der Waals surface area contributed by atoms with Crippen LogP contribution in [0.25, 0.3) is 0 Å². The van der Waals surface area contributed by atoms with Gasteiger partial charge in [0, 0.05) is 0 Å². The molecule has 0 fully saturated rings. The summed E-state index contributed by atoms with van der Waals surface area (Å²) >= 11 is 18.9. The van der Waals surface area contributed by atoms with E-state index in [0.29, 0.717) is 5.56 Å². The third kappa shape index (κ3) is 4.94. The Bertz CT molecular complexity index is 679. The Balaban J connectivity index is 3.17. The number of urea groups is 1. The number of carbonyl (C=O) groups is 3. The van der Waals surface area contributed by atoms with Gasteiger partial charge >= 0.3 is 12.0 Å². The molecule has 0 saturated heterocycles. The summed E-state index contributed by atoms with van der Waals surface area (Å²) in [7, 11) is 1.09. The van der Waals surface area contributed by atoms with E-state index in [1.165, 1.54) is 13.0 Å². The van der Waals surface area contributed by atoms with E-state index < -0.39 is 33.2 Å². The number of methoxy groups -OCH3 is 1. The van der Waals surface area contributed by atoms with E-state index in [1.807, 2.05) is 5.32 Å². The number of aryl methyl sites for hydroxylation is 1. The highest BCUT2D eigenvalue weighted by Gasteiger charge is 2.32. The van der Waals surface area contributed by atoms with E-state index in [1.54, 1.807) is 5.32 Å². The molecule has 0 saturated carbocycles. The Morgan fingerprint density at radius 1 is 1.30 bits per heavy atom. The summed E-state index contributed by atoms with van der Waals surface area (Å²) in [6.45, 7) is 1.54. The van der Waals surface area contributed by atoms with Gasteiger partial charge in [0.25, 0.3) is 9.70 Å². The van der Waals surface area contributed by atoms with Crippen LogP contribution in [-0.2, 0) is 9.53 Å². The Morgan fingerprint density at radius 3 is 2.35 bits per heavy atom. The molecule has 0 aliphatic carbocycles. The molecule has 0 atom stereocenters. The molecule has 0 aliphatic heterocycles. The van der Waals surface area contributed by atoms with Gasteiger partial charge in [0.05, 0.1) is 22.8 Å². The van der Waals surface area contributed by atoms with Gasteiger partial charge in [-0.3, -0.25) is 10.1 Å². The standard InChI is InChI=1S/C12H9BrCl3FN2O4/c1-4-3-5(9(20)23-2)8(7(17)6(4)13)18-11(22)19-10(21)12(14,15)16/h3H,1-2H3,(H2,18,19,21,22). The van der Waals surface area contributed by atoms with Gasteiger partial charge in [-0.25, -0.2) is 14.0 Å². The van der Waals surface area contributed by atoms with Crippen LogP contribution in [0.4, 0.5) is 14.9 Å². The van der Waals surface area contributed by atoms with Crippen LogP contribution in [0.2, 0.25) is 0 Å². The van der Waals surface area contributed by atoms with Crippen molar-refractivity contribution in [3.05, 3.63) is 27.5 Å². The number of esters is 1. The van der Waals surface area contributed by atoms with Gasteiger partial charge in [0.2, 0.25) is 0 Å². The van der Waals surface area contributed by atoms with Crippen LogP contribution in [0.5, 0.6) is 0 Å². The van der Waals surface area contributed by atoms with Crippen molar-refractivity contribution in [2.75, 3.05) is 12.4 Å². The van der Waals surface area contributed by atoms with Crippen LogP contribution in [0, 0.1) is 12.7 Å². The Hall–Kier alpha value is -1.09. The Kier molecular flexibility index (Phi) is 6.64. The minimum atomic E-state index is -2.38. The fourth-order valence-corrected chi connectivity index (χ4v) is 1.92. The highest BCUT2D eigenvalue weighted by molar-refractivity contribution is 9.10. The van der Waals surface area contributed by atoms with Crippen LogP contribution < -0.4 is 10.6 Å². The molecule has 0 aliphatic rings. The summed E-state index contributed by atoms with van der Waals surface area (Å²) in [6.07, 6.45) is 0. The molecule has 126 valence electrons. The van der Waals surface area contributed by atoms with Crippen LogP contribution >= 0.6 is 50.7 Å². The molecule has 0 radical (unpaired) electrons. The highest BCUT2D eigenvalue weighted by atomic mass is 79.9. The number of nitrogens with one attached hydrogen (secondary N) is 2. The fourth-order valence-electron chi connectivity index (χ4n) is 1.47. The average Bonchev–Trinajstić information content (AvgIpc) is 2.45. The minimum absolute atomic E-state index is 0.0214. The maximum absolute atomic E-state index is 14.3. The Labute approximate surface area is 153 Å². The van der Waals surface area contributed by atoms with E-state index in [2.05, 4.69) is 20.7 Å². The first kappa shape index (κ1) is 20.0.